The Bertz CT molecular complexity index is 756. The molecule has 6 heteroatoms. The molecule has 0 N–H and O–H groups in total. The number of carbonyl (C=O) groups is 1. The largest absolute Gasteiger partial charge is 0.335 e. The van der Waals surface area contributed by atoms with Gasteiger partial charge in [-0.25, -0.2) is 0 Å². The molecular weight excluding hydrogens is 324 g/mol. The van der Waals surface area contributed by atoms with E-state index in [1.54, 1.807) is 23.5 Å². The SMILES string of the molecule is Cc1ccc(C2CCCN2C(=O)CCc2cccc([N+](=O)[O-])c2)s1. The molecule has 0 saturated carbocycles. The van der Waals surface area contributed by atoms with Gasteiger partial charge in [0.05, 0.1) is 11.0 Å². The summed E-state index contributed by atoms with van der Waals surface area (Å²) in [4.78, 5) is 27.6. The van der Waals surface area contributed by atoms with Crippen LogP contribution < -0.4 is 0 Å². The van der Waals surface area contributed by atoms with Crippen LogP contribution in [0.5, 0.6) is 0 Å². The smallest absolute Gasteiger partial charge is 0.269 e. The van der Waals surface area contributed by atoms with Crippen LogP contribution in [0.3, 0.4) is 0 Å². The van der Waals surface area contributed by atoms with E-state index in [0.29, 0.717) is 12.8 Å². The van der Waals surface area contributed by atoms with Crippen molar-refractivity contribution in [1.29, 1.82) is 0 Å². The molecule has 1 amide bonds. The maximum atomic E-state index is 12.6. The topological polar surface area (TPSA) is 63.5 Å². The summed E-state index contributed by atoms with van der Waals surface area (Å²) in [5, 5.41) is 10.8. The lowest BCUT2D eigenvalue weighted by Crippen LogP contribution is -2.30. The molecule has 1 aromatic heterocycles. The molecule has 0 radical (unpaired) electrons. The van der Waals surface area contributed by atoms with E-state index in [0.717, 1.165) is 24.9 Å². The van der Waals surface area contributed by atoms with Crippen LogP contribution in [0.2, 0.25) is 0 Å². The summed E-state index contributed by atoms with van der Waals surface area (Å²) in [6.07, 6.45) is 2.97. The summed E-state index contributed by atoms with van der Waals surface area (Å²) < 4.78 is 0. The van der Waals surface area contributed by atoms with Crippen LogP contribution in [0.25, 0.3) is 0 Å². The number of amides is 1. The molecule has 3 rings (SSSR count). The number of hydrogen-bond donors (Lipinski definition) is 0. The van der Waals surface area contributed by atoms with E-state index in [9.17, 15) is 14.9 Å². The van der Waals surface area contributed by atoms with Crippen LogP contribution in [-0.2, 0) is 11.2 Å². The highest BCUT2D eigenvalue weighted by atomic mass is 32.1. The van der Waals surface area contributed by atoms with Gasteiger partial charge in [-0.3, -0.25) is 14.9 Å². The van der Waals surface area contributed by atoms with Crippen LogP contribution >= 0.6 is 11.3 Å². The van der Waals surface area contributed by atoms with E-state index in [-0.39, 0.29) is 17.6 Å². The van der Waals surface area contributed by atoms with Gasteiger partial charge in [-0.1, -0.05) is 12.1 Å². The number of nitro groups is 1. The normalized spacial score (nSPS) is 17.2. The number of rotatable bonds is 5. The number of benzene rings is 1. The van der Waals surface area contributed by atoms with Gasteiger partial charge in [0.1, 0.15) is 0 Å². The lowest BCUT2D eigenvalue weighted by Gasteiger charge is -2.24. The third-order valence-corrected chi connectivity index (χ3v) is 5.51. The minimum atomic E-state index is -0.402. The standard InChI is InChI=1S/C18H20N2O3S/c1-13-7-9-17(24-13)16-6-3-11-19(16)18(21)10-8-14-4-2-5-15(12-14)20(22)23/h2,4-5,7,9,12,16H,3,6,8,10-11H2,1H3. The second-order valence-corrected chi connectivity index (χ2v) is 7.44. The van der Waals surface area contributed by atoms with Crippen molar-refractivity contribution < 1.29 is 9.72 Å². The molecule has 1 unspecified atom stereocenters. The molecule has 126 valence electrons. The summed E-state index contributed by atoms with van der Waals surface area (Å²) in [5.74, 6) is 0.134. The summed E-state index contributed by atoms with van der Waals surface area (Å²) in [5.41, 5.74) is 0.910. The number of non-ortho nitro benzene ring substituents is 1. The molecule has 1 atom stereocenters. The number of likely N-dealkylation sites (tertiary alicyclic amines) is 1. The third kappa shape index (κ3) is 3.64. The van der Waals surface area contributed by atoms with Crippen molar-refractivity contribution in [2.24, 2.45) is 0 Å². The number of thiophene rings is 1. The average molecular weight is 344 g/mol. The maximum Gasteiger partial charge on any atom is 0.269 e. The van der Waals surface area contributed by atoms with Gasteiger partial charge in [-0.2, -0.15) is 0 Å². The number of hydrogen-bond acceptors (Lipinski definition) is 4. The van der Waals surface area contributed by atoms with E-state index in [2.05, 4.69) is 19.1 Å². The van der Waals surface area contributed by atoms with Crippen LogP contribution in [0.1, 0.15) is 40.6 Å². The minimum absolute atomic E-state index is 0.0769. The first-order valence-corrected chi connectivity index (χ1v) is 8.95. The summed E-state index contributed by atoms with van der Waals surface area (Å²) in [6, 6.07) is 11.0. The fraction of sp³-hybridized carbons (Fsp3) is 0.389. The van der Waals surface area contributed by atoms with Crippen LogP contribution in [0, 0.1) is 17.0 Å². The van der Waals surface area contributed by atoms with Crippen molar-refractivity contribution in [3.05, 3.63) is 61.8 Å². The number of carbonyl (C=O) groups excluding carboxylic acids is 1. The quantitative estimate of drug-likeness (QED) is 0.601. The fourth-order valence-corrected chi connectivity index (χ4v) is 4.24. The van der Waals surface area contributed by atoms with Gasteiger partial charge in [0, 0.05) is 34.9 Å². The molecule has 0 aliphatic carbocycles. The zero-order chi connectivity index (χ0) is 17.1. The Morgan fingerprint density at radius 3 is 2.92 bits per heavy atom. The molecule has 5 nitrogen and oxygen atoms in total. The Labute approximate surface area is 145 Å². The Hall–Kier alpha value is -2.21. The lowest BCUT2D eigenvalue weighted by molar-refractivity contribution is -0.384. The third-order valence-electron chi connectivity index (χ3n) is 4.41. The van der Waals surface area contributed by atoms with Crippen molar-refractivity contribution >= 4 is 22.9 Å². The van der Waals surface area contributed by atoms with Gasteiger partial charge in [-0.15, -0.1) is 11.3 Å². The molecule has 0 bridgehead atoms. The maximum absolute atomic E-state index is 12.6. The monoisotopic (exact) mass is 344 g/mol. The summed E-state index contributed by atoms with van der Waals surface area (Å²) in [6.45, 7) is 2.88. The molecule has 1 aromatic carbocycles. The van der Waals surface area contributed by atoms with E-state index in [1.165, 1.54) is 15.8 Å². The number of nitrogens with zero attached hydrogens (tertiary/aromatic N) is 2. The Morgan fingerprint density at radius 1 is 1.38 bits per heavy atom. The van der Waals surface area contributed by atoms with Gasteiger partial charge in [0.25, 0.3) is 5.69 Å². The molecule has 0 spiro atoms. The fourth-order valence-electron chi connectivity index (χ4n) is 3.21. The molecule has 1 aliphatic rings. The predicted octanol–water partition coefficient (Wildman–Crippen LogP) is 4.26. The van der Waals surface area contributed by atoms with Crippen molar-refractivity contribution in [2.45, 2.75) is 38.6 Å². The Morgan fingerprint density at radius 2 is 2.21 bits per heavy atom. The highest BCUT2D eigenvalue weighted by Gasteiger charge is 2.30. The van der Waals surface area contributed by atoms with Gasteiger partial charge in [0.2, 0.25) is 5.91 Å². The van der Waals surface area contributed by atoms with E-state index in [4.69, 9.17) is 0 Å². The molecule has 1 saturated heterocycles. The van der Waals surface area contributed by atoms with Crippen LogP contribution in [-0.4, -0.2) is 22.3 Å². The van der Waals surface area contributed by atoms with E-state index < -0.39 is 4.92 Å². The lowest BCUT2D eigenvalue weighted by atomic mass is 10.1. The van der Waals surface area contributed by atoms with Crippen LogP contribution in [0.15, 0.2) is 36.4 Å². The first kappa shape index (κ1) is 16.6. The van der Waals surface area contributed by atoms with Crippen molar-refractivity contribution in [3.8, 4) is 0 Å². The zero-order valence-electron chi connectivity index (χ0n) is 13.6. The highest BCUT2D eigenvalue weighted by Crippen LogP contribution is 2.36. The van der Waals surface area contributed by atoms with Gasteiger partial charge in [-0.05, 0) is 43.9 Å². The molecule has 2 heterocycles. The van der Waals surface area contributed by atoms with Crippen molar-refractivity contribution in [1.82, 2.24) is 4.90 Å². The summed E-state index contributed by atoms with van der Waals surface area (Å²) >= 11 is 1.76. The second kappa shape index (κ2) is 7.13. The predicted molar refractivity (Wildman–Crippen MR) is 94.2 cm³/mol. The summed E-state index contributed by atoms with van der Waals surface area (Å²) in [7, 11) is 0. The number of nitro benzene ring substituents is 1. The molecule has 24 heavy (non-hydrogen) atoms. The Kier molecular flexibility index (Phi) is 4.94. The second-order valence-electron chi connectivity index (χ2n) is 6.12. The highest BCUT2D eigenvalue weighted by molar-refractivity contribution is 7.12. The molecule has 2 aromatic rings. The average Bonchev–Trinajstić information content (AvgIpc) is 3.21. The van der Waals surface area contributed by atoms with E-state index >= 15 is 0 Å². The van der Waals surface area contributed by atoms with Crippen molar-refractivity contribution in [3.63, 3.8) is 0 Å². The van der Waals surface area contributed by atoms with Crippen molar-refractivity contribution in [2.75, 3.05) is 6.54 Å². The van der Waals surface area contributed by atoms with Crippen LogP contribution in [0.4, 0.5) is 5.69 Å². The number of aryl methyl sites for hydroxylation is 2. The van der Waals surface area contributed by atoms with Gasteiger partial charge >= 0.3 is 0 Å². The Balaban J connectivity index is 1.64. The minimum Gasteiger partial charge on any atom is -0.335 e. The molecule has 1 aliphatic heterocycles. The first-order valence-electron chi connectivity index (χ1n) is 8.14. The first-order chi connectivity index (χ1) is 11.5. The van der Waals surface area contributed by atoms with Gasteiger partial charge in [0.15, 0.2) is 0 Å². The zero-order valence-corrected chi connectivity index (χ0v) is 14.4. The van der Waals surface area contributed by atoms with Gasteiger partial charge < -0.3 is 4.90 Å². The molecular formula is C18H20N2O3S. The molecule has 1 fully saturated rings. The van der Waals surface area contributed by atoms with E-state index in [1.807, 2.05) is 11.0 Å².